The second-order valence-corrected chi connectivity index (χ2v) is 6.50. The number of esters is 1. The molecule has 1 aliphatic heterocycles. The number of aliphatic hydroxyl groups is 1. The van der Waals surface area contributed by atoms with E-state index in [1.165, 1.54) is 0 Å². The minimum atomic E-state index is -0.860. The number of hydrogen-bond acceptors (Lipinski definition) is 4. The van der Waals surface area contributed by atoms with Crippen molar-refractivity contribution in [2.75, 3.05) is 0 Å². The quantitative estimate of drug-likeness (QED) is 0.531. The highest BCUT2D eigenvalue weighted by Crippen LogP contribution is 2.55. The van der Waals surface area contributed by atoms with Crippen molar-refractivity contribution < 1.29 is 19.4 Å². The van der Waals surface area contributed by atoms with Crippen LogP contribution < -0.4 is 0 Å². The molecule has 0 aromatic rings. The van der Waals surface area contributed by atoms with Gasteiger partial charge in [-0.05, 0) is 31.6 Å². The second kappa shape index (κ2) is 3.92. The molecule has 6 atom stereocenters. The van der Waals surface area contributed by atoms with Crippen LogP contribution in [0.15, 0.2) is 12.2 Å². The maximum absolute atomic E-state index is 12.3. The van der Waals surface area contributed by atoms with E-state index in [-0.39, 0.29) is 23.7 Å². The number of Topliss-reactive ketones (excluding diaryl/α,β-unsaturated/α-hetero) is 1. The summed E-state index contributed by atoms with van der Waals surface area (Å²) in [5, 5.41) is 10.8. The molecule has 4 nitrogen and oxygen atoms in total. The van der Waals surface area contributed by atoms with Crippen molar-refractivity contribution in [3.63, 3.8) is 0 Å². The van der Waals surface area contributed by atoms with Gasteiger partial charge in [0.25, 0.3) is 0 Å². The van der Waals surface area contributed by atoms with E-state index in [2.05, 4.69) is 13.5 Å². The van der Waals surface area contributed by atoms with Crippen LogP contribution in [0.3, 0.4) is 0 Å². The van der Waals surface area contributed by atoms with Crippen LogP contribution in [-0.4, -0.2) is 29.1 Å². The zero-order valence-corrected chi connectivity index (χ0v) is 11.4. The predicted molar refractivity (Wildman–Crippen MR) is 68.1 cm³/mol. The summed E-state index contributed by atoms with van der Waals surface area (Å²) in [6.45, 7) is 7.70. The van der Waals surface area contributed by atoms with Crippen molar-refractivity contribution >= 4 is 11.8 Å². The summed E-state index contributed by atoms with van der Waals surface area (Å²) in [7, 11) is 0. The average molecular weight is 264 g/mol. The molecular weight excluding hydrogens is 244 g/mol. The highest BCUT2D eigenvalue weighted by molar-refractivity contribution is 5.92. The first-order valence-electron chi connectivity index (χ1n) is 6.98. The molecule has 2 saturated carbocycles. The molecule has 2 aliphatic carbocycles. The molecule has 1 N–H and O–H groups in total. The van der Waals surface area contributed by atoms with E-state index < -0.39 is 23.4 Å². The Balaban J connectivity index is 2.07. The van der Waals surface area contributed by atoms with E-state index >= 15 is 0 Å². The standard InChI is InChI=1S/C15H20O4/c1-7-6-10-12(8(2)14(18)19-10)13(17)15(3)9(7)4-5-11(15)16/h7,9-10,12-13,17H,2,4-6H2,1,3H3/t7-,9-,10+,12-,13-,15-/m0/s1. The SMILES string of the molecule is C=C1C(=O)O[C@@H]2C[C@H](C)[C@@H]3CCC(=O)[C@@]3(C)[C@@H](O)[C@@H]12. The number of aliphatic hydroxyl groups excluding tert-OH is 1. The van der Waals surface area contributed by atoms with Gasteiger partial charge in [-0.25, -0.2) is 4.79 Å². The van der Waals surface area contributed by atoms with Gasteiger partial charge in [0, 0.05) is 12.0 Å². The fraction of sp³-hybridized carbons (Fsp3) is 0.733. The van der Waals surface area contributed by atoms with Gasteiger partial charge in [0.15, 0.2) is 0 Å². The lowest BCUT2D eigenvalue weighted by atomic mass is 9.68. The molecule has 0 spiro atoms. The summed E-state index contributed by atoms with van der Waals surface area (Å²) < 4.78 is 5.33. The molecule has 0 unspecified atom stereocenters. The summed E-state index contributed by atoms with van der Waals surface area (Å²) in [6.07, 6.45) is 0.885. The van der Waals surface area contributed by atoms with Crippen LogP contribution in [0.1, 0.15) is 33.1 Å². The smallest absolute Gasteiger partial charge is 0.334 e. The normalized spacial score (nSPS) is 49.6. The lowest BCUT2D eigenvalue weighted by molar-refractivity contribution is -0.140. The largest absolute Gasteiger partial charge is 0.458 e. The van der Waals surface area contributed by atoms with Gasteiger partial charge in [0.05, 0.1) is 17.4 Å². The molecule has 1 saturated heterocycles. The summed E-state index contributed by atoms with van der Waals surface area (Å²) >= 11 is 0. The molecule has 3 rings (SSSR count). The molecule has 19 heavy (non-hydrogen) atoms. The second-order valence-electron chi connectivity index (χ2n) is 6.50. The van der Waals surface area contributed by atoms with Crippen LogP contribution in [0, 0.1) is 23.2 Å². The Labute approximate surface area is 112 Å². The Morgan fingerprint density at radius 2 is 2.11 bits per heavy atom. The van der Waals surface area contributed by atoms with Crippen molar-refractivity contribution in [3.05, 3.63) is 12.2 Å². The van der Waals surface area contributed by atoms with Gasteiger partial charge in [-0.3, -0.25) is 4.79 Å². The minimum Gasteiger partial charge on any atom is -0.458 e. The highest BCUT2D eigenvalue weighted by Gasteiger charge is 2.61. The molecule has 0 radical (unpaired) electrons. The Hall–Kier alpha value is -1.16. The zero-order valence-electron chi connectivity index (χ0n) is 11.4. The van der Waals surface area contributed by atoms with E-state index in [1.54, 1.807) is 0 Å². The first-order valence-corrected chi connectivity index (χ1v) is 6.98. The van der Waals surface area contributed by atoms with Crippen LogP contribution in [0.5, 0.6) is 0 Å². The van der Waals surface area contributed by atoms with E-state index in [0.29, 0.717) is 18.4 Å². The third-order valence-electron chi connectivity index (χ3n) is 5.62. The fourth-order valence-electron chi connectivity index (χ4n) is 4.46. The highest BCUT2D eigenvalue weighted by atomic mass is 16.6. The first kappa shape index (κ1) is 12.9. The number of rotatable bonds is 0. The monoisotopic (exact) mass is 264 g/mol. The van der Waals surface area contributed by atoms with Gasteiger partial charge in [0.1, 0.15) is 11.9 Å². The summed E-state index contributed by atoms with van der Waals surface area (Å²) in [5.74, 6) is -0.294. The molecule has 0 aromatic carbocycles. The van der Waals surface area contributed by atoms with Crippen molar-refractivity contribution in [1.82, 2.24) is 0 Å². The lowest BCUT2D eigenvalue weighted by Crippen LogP contribution is -2.46. The van der Waals surface area contributed by atoms with Gasteiger partial charge in [0.2, 0.25) is 0 Å². The molecule has 3 fully saturated rings. The van der Waals surface area contributed by atoms with Crippen LogP contribution in [0.25, 0.3) is 0 Å². The van der Waals surface area contributed by atoms with Crippen LogP contribution in [-0.2, 0) is 14.3 Å². The van der Waals surface area contributed by atoms with Crippen LogP contribution >= 0.6 is 0 Å². The van der Waals surface area contributed by atoms with E-state index in [9.17, 15) is 14.7 Å². The van der Waals surface area contributed by atoms with E-state index in [1.807, 2.05) is 6.92 Å². The minimum absolute atomic E-state index is 0.115. The maximum atomic E-state index is 12.3. The number of ketones is 1. The van der Waals surface area contributed by atoms with Gasteiger partial charge < -0.3 is 9.84 Å². The molecule has 104 valence electrons. The summed E-state index contributed by atoms with van der Waals surface area (Å²) in [6, 6.07) is 0. The number of ether oxygens (including phenoxy) is 1. The van der Waals surface area contributed by atoms with Crippen molar-refractivity contribution in [2.24, 2.45) is 23.2 Å². The van der Waals surface area contributed by atoms with Crippen molar-refractivity contribution in [1.29, 1.82) is 0 Å². The zero-order chi connectivity index (χ0) is 13.9. The number of hydrogen-bond donors (Lipinski definition) is 1. The maximum Gasteiger partial charge on any atom is 0.334 e. The summed E-state index contributed by atoms with van der Waals surface area (Å²) in [4.78, 5) is 24.0. The van der Waals surface area contributed by atoms with Gasteiger partial charge in [-0.2, -0.15) is 0 Å². The van der Waals surface area contributed by atoms with Crippen molar-refractivity contribution in [3.8, 4) is 0 Å². The van der Waals surface area contributed by atoms with Crippen LogP contribution in [0.2, 0.25) is 0 Å². The Morgan fingerprint density at radius 3 is 2.79 bits per heavy atom. The Kier molecular flexibility index (Phi) is 2.65. The van der Waals surface area contributed by atoms with Crippen molar-refractivity contribution in [2.45, 2.75) is 45.3 Å². The molecule has 0 aromatic heterocycles. The Morgan fingerprint density at radius 1 is 1.42 bits per heavy atom. The molecule has 0 bridgehead atoms. The van der Waals surface area contributed by atoms with Gasteiger partial charge in [-0.15, -0.1) is 0 Å². The van der Waals surface area contributed by atoms with E-state index in [0.717, 1.165) is 6.42 Å². The Bertz CT molecular complexity index is 469. The molecule has 1 heterocycles. The third kappa shape index (κ3) is 1.49. The van der Waals surface area contributed by atoms with Gasteiger partial charge in [-0.1, -0.05) is 13.5 Å². The number of carbonyl (C=O) groups excluding carboxylic acids is 2. The first-order chi connectivity index (χ1) is 8.87. The van der Waals surface area contributed by atoms with Gasteiger partial charge >= 0.3 is 5.97 Å². The fourth-order valence-corrected chi connectivity index (χ4v) is 4.46. The number of fused-ring (bicyclic) bond motifs is 2. The van der Waals surface area contributed by atoms with Crippen LogP contribution in [0.4, 0.5) is 0 Å². The summed E-state index contributed by atoms with van der Waals surface area (Å²) in [5.41, 5.74) is -0.429. The number of carbonyl (C=O) groups is 2. The lowest BCUT2D eigenvalue weighted by Gasteiger charge is -2.37. The predicted octanol–water partition coefficient (Wildman–Crippen LogP) is 1.47. The average Bonchev–Trinajstić information content (AvgIpc) is 2.77. The van der Waals surface area contributed by atoms with E-state index in [4.69, 9.17) is 4.74 Å². The molecular formula is C15H20O4. The third-order valence-corrected chi connectivity index (χ3v) is 5.62. The molecule has 4 heteroatoms. The topological polar surface area (TPSA) is 63.6 Å². The molecule has 0 amide bonds. The molecule has 3 aliphatic rings.